The zero-order chi connectivity index (χ0) is 13.2. The molecule has 0 amide bonds. The molecule has 2 nitrogen and oxygen atoms in total. The van der Waals surface area contributed by atoms with E-state index in [2.05, 4.69) is 24.4 Å². The molecule has 0 spiro atoms. The SMILES string of the molecule is COc1ccccc1-c1nc(-c2ccc(C)s2)cs1. The van der Waals surface area contributed by atoms with Crippen molar-refractivity contribution in [3.05, 3.63) is 46.7 Å². The van der Waals surface area contributed by atoms with E-state index in [0.717, 1.165) is 22.0 Å². The molecule has 0 saturated heterocycles. The molecule has 0 unspecified atom stereocenters. The van der Waals surface area contributed by atoms with Crippen molar-refractivity contribution in [2.75, 3.05) is 7.11 Å². The summed E-state index contributed by atoms with van der Waals surface area (Å²) in [6.07, 6.45) is 0. The summed E-state index contributed by atoms with van der Waals surface area (Å²) in [5, 5.41) is 3.10. The molecule has 0 atom stereocenters. The Bertz CT molecular complexity index is 700. The van der Waals surface area contributed by atoms with Gasteiger partial charge >= 0.3 is 0 Å². The van der Waals surface area contributed by atoms with Crippen LogP contribution >= 0.6 is 22.7 Å². The van der Waals surface area contributed by atoms with Gasteiger partial charge in [-0.15, -0.1) is 22.7 Å². The maximum absolute atomic E-state index is 5.39. The third-order valence-corrected chi connectivity index (χ3v) is 4.73. The number of hydrogen-bond acceptors (Lipinski definition) is 4. The fraction of sp³-hybridized carbons (Fsp3) is 0.133. The van der Waals surface area contributed by atoms with Crippen LogP contribution in [-0.4, -0.2) is 12.1 Å². The molecule has 0 aliphatic carbocycles. The van der Waals surface area contributed by atoms with Gasteiger partial charge in [-0.05, 0) is 31.2 Å². The van der Waals surface area contributed by atoms with Crippen molar-refractivity contribution < 1.29 is 4.74 Å². The number of methoxy groups -OCH3 is 1. The summed E-state index contributed by atoms with van der Waals surface area (Å²) in [4.78, 5) is 7.25. The summed E-state index contributed by atoms with van der Waals surface area (Å²) < 4.78 is 5.39. The number of rotatable bonds is 3. The second-order valence-electron chi connectivity index (χ2n) is 4.15. The summed E-state index contributed by atoms with van der Waals surface area (Å²) >= 11 is 3.42. The maximum atomic E-state index is 5.39. The zero-order valence-electron chi connectivity index (χ0n) is 10.7. The number of aryl methyl sites for hydroxylation is 1. The van der Waals surface area contributed by atoms with Crippen LogP contribution < -0.4 is 4.74 Å². The molecular formula is C15H13NOS2. The molecule has 0 saturated carbocycles. The van der Waals surface area contributed by atoms with Gasteiger partial charge in [0, 0.05) is 10.3 Å². The van der Waals surface area contributed by atoms with Crippen molar-refractivity contribution in [3.63, 3.8) is 0 Å². The van der Waals surface area contributed by atoms with Gasteiger partial charge in [-0.1, -0.05) is 12.1 Å². The standard InChI is InChI=1S/C15H13NOS2/c1-10-7-8-14(19-10)12-9-18-15(16-12)11-5-3-4-6-13(11)17-2/h3-9H,1-2H3. The highest BCUT2D eigenvalue weighted by Crippen LogP contribution is 2.36. The van der Waals surface area contributed by atoms with E-state index in [-0.39, 0.29) is 0 Å². The number of aromatic nitrogens is 1. The second-order valence-corrected chi connectivity index (χ2v) is 6.29. The number of thiazole rings is 1. The number of thiophene rings is 1. The Labute approximate surface area is 120 Å². The molecule has 4 heteroatoms. The van der Waals surface area contributed by atoms with Crippen LogP contribution in [0.4, 0.5) is 0 Å². The Hall–Kier alpha value is -1.65. The number of nitrogens with zero attached hydrogens (tertiary/aromatic N) is 1. The molecule has 0 bridgehead atoms. The first kappa shape index (κ1) is 12.4. The van der Waals surface area contributed by atoms with Crippen LogP contribution in [0.15, 0.2) is 41.8 Å². The van der Waals surface area contributed by atoms with Gasteiger partial charge in [-0.2, -0.15) is 0 Å². The Morgan fingerprint density at radius 1 is 1.11 bits per heavy atom. The Kier molecular flexibility index (Phi) is 3.36. The minimum absolute atomic E-state index is 0.866. The topological polar surface area (TPSA) is 22.1 Å². The highest BCUT2D eigenvalue weighted by Gasteiger charge is 2.11. The summed E-state index contributed by atoms with van der Waals surface area (Å²) in [7, 11) is 1.69. The largest absolute Gasteiger partial charge is 0.496 e. The van der Waals surface area contributed by atoms with E-state index in [1.807, 2.05) is 24.3 Å². The number of hydrogen-bond donors (Lipinski definition) is 0. The van der Waals surface area contributed by atoms with Gasteiger partial charge in [0.15, 0.2) is 0 Å². The second kappa shape index (κ2) is 5.15. The van der Waals surface area contributed by atoms with Crippen LogP contribution in [0, 0.1) is 6.92 Å². The van der Waals surface area contributed by atoms with Gasteiger partial charge in [0.25, 0.3) is 0 Å². The zero-order valence-corrected chi connectivity index (χ0v) is 12.3. The van der Waals surface area contributed by atoms with E-state index in [1.165, 1.54) is 9.75 Å². The summed E-state index contributed by atoms with van der Waals surface area (Å²) in [5.74, 6) is 0.866. The van der Waals surface area contributed by atoms with Crippen LogP contribution in [0.1, 0.15) is 4.88 Å². The molecule has 96 valence electrons. The van der Waals surface area contributed by atoms with Gasteiger partial charge < -0.3 is 4.74 Å². The summed E-state index contributed by atoms with van der Waals surface area (Å²) in [6.45, 7) is 2.11. The van der Waals surface area contributed by atoms with Gasteiger partial charge in [0.05, 0.1) is 23.2 Å². The molecule has 0 N–H and O–H groups in total. The first-order valence-electron chi connectivity index (χ1n) is 5.93. The third kappa shape index (κ3) is 2.41. The van der Waals surface area contributed by atoms with E-state index >= 15 is 0 Å². The first-order chi connectivity index (χ1) is 9.28. The average Bonchev–Trinajstić information content (AvgIpc) is 3.07. The molecule has 2 heterocycles. The quantitative estimate of drug-likeness (QED) is 0.686. The van der Waals surface area contributed by atoms with Crippen LogP contribution in [-0.2, 0) is 0 Å². The van der Waals surface area contributed by atoms with Crippen LogP contribution in [0.5, 0.6) is 5.75 Å². The highest BCUT2D eigenvalue weighted by atomic mass is 32.1. The molecule has 3 aromatic rings. The lowest BCUT2D eigenvalue weighted by molar-refractivity contribution is 0.416. The lowest BCUT2D eigenvalue weighted by Crippen LogP contribution is -1.86. The van der Waals surface area contributed by atoms with E-state index < -0.39 is 0 Å². The number of ether oxygens (including phenoxy) is 1. The predicted molar refractivity (Wildman–Crippen MR) is 82.2 cm³/mol. The Balaban J connectivity index is 2.01. The molecule has 1 aromatic carbocycles. The maximum Gasteiger partial charge on any atom is 0.129 e. The predicted octanol–water partition coefficient (Wildman–Crippen LogP) is 4.86. The minimum atomic E-state index is 0.866. The van der Waals surface area contributed by atoms with Crippen molar-refractivity contribution in [1.29, 1.82) is 0 Å². The van der Waals surface area contributed by atoms with E-state index in [1.54, 1.807) is 29.8 Å². The smallest absolute Gasteiger partial charge is 0.129 e. The van der Waals surface area contributed by atoms with Gasteiger partial charge in [-0.25, -0.2) is 4.98 Å². The Morgan fingerprint density at radius 3 is 2.68 bits per heavy atom. The fourth-order valence-electron chi connectivity index (χ4n) is 1.90. The van der Waals surface area contributed by atoms with Crippen molar-refractivity contribution in [1.82, 2.24) is 4.98 Å². The molecule has 0 radical (unpaired) electrons. The number of para-hydroxylation sites is 1. The van der Waals surface area contributed by atoms with Crippen LogP contribution in [0.3, 0.4) is 0 Å². The van der Waals surface area contributed by atoms with Crippen molar-refractivity contribution in [2.24, 2.45) is 0 Å². The van der Waals surface area contributed by atoms with Crippen molar-refractivity contribution in [2.45, 2.75) is 6.92 Å². The fourth-order valence-corrected chi connectivity index (χ4v) is 3.66. The summed E-state index contributed by atoms with van der Waals surface area (Å²) in [5.41, 5.74) is 2.10. The normalized spacial score (nSPS) is 10.6. The monoisotopic (exact) mass is 287 g/mol. The van der Waals surface area contributed by atoms with Gasteiger partial charge in [0.2, 0.25) is 0 Å². The van der Waals surface area contributed by atoms with Gasteiger partial charge in [-0.3, -0.25) is 0 Å². The van der Waals surface area contributed by atoms with Gasteiger partial charge in [0.1, 0.15) is 10.8 Å². The molecular weight excluding hydrogens is 274 g/mol. The lowest BCUT2D eigenvalue weighted by Gasteiger charge is -2.04. The third-order valence-electron chi connectivity index (χ3n) is 2.83. The molecule has 0 aliphatic heterocycles. The minimum Gasteiger partial charge on any atom is -0.496 e. The van der Waals surface area contributed by atoms with E-state index in [4.69, 9.17) is 9.72 Å². The van der Waals surface area contributed by atoms with Crippen LogP contribution in [0.2, 0.25) is 0 Å². The first-order valence-corrected chi connectivity index (χ1v) is 7.63. The molecule has 0 fully saturated rings. The molecule has 2 aromatic heterocycles. The van der Waals surface area contributed by atoms with E-state index in [0.29, 0.717) is 0 Å². The van der Waals surface area contributed by atoms with E-state index in [9.17, 15) is 0 Å². The molecule has 0 aliphatic rings. The Morgan fingerprint density at radius 2 is 1.95 bits per heavy atom. The van der Waals surface area contributed by atoms with Crippen LogP contribution in [0.25, 0.3) is 21.1 Å². The van der Waals surface area contributed by atoms with Crippen molar-refractivity contribution >= 4 is 22.7 Å². The molecule has 19 heavy (non-hydrogen) atoms. The summed E-state index contributed by atoms with van der Waals surface area (Å²) in [6, 6.07) is 12.2. The highest BCUT2D eigenvalue weighted by molar-refractivity contribution is 7.16. The average molecular weight is 287 g/mol. The van der Waals surface area contributed by atoms with Crippen molar-refractivity contribution in [3.8, 4) is 26.9 Å². The molecule has 3 rings (SSSR count). The lowest BCUT2D eigenvalue weighted by atomic mass is 10.2. The number of benzene rings is 1.